The third kappa shape index (κ3) is 9.40. The van der Waals surface area contributed by atoms with Crippen LogP contribution in [0.2, 0.25) is 25.1 Å². The van der Waals surface area contributed by atoms with E-state index in [-0.39, 0.29) is 38.7 Å². The van der Waals surface area contributed by atoms with Gasteiger partial charge in [-0.25, -0.2) is 8.42 Å². The number of nitrogens with zero attached hydrogens (tertiary/aromatic N) is 2. The highest BCUT2D eigenvalue weighted by Gasteiger charge is 2.35. The van der Waals surface area contributed by atoms with Crippen molar-refractivity contribution in [1.82, 2.24) is 10.2 Å². The zero-order valence-electron chi connectivity index (χ0n) is 23.3. The number of carbonyl (C=O) groups is 2. The molecule has 0 heterocycles. The number of sulfonamides is 1. The van der Waals surface area contributed by atoms with Crippen molar-refractivity contribution in [3.8, 4) is 0 Å². The highest BCUT2D eigenvalue weighted by molar-refractivity contribution is 7.92. The Hall–Kier alpha value is -2.20. The molecule has 3 aromatic rings. The number of amides is 2. The molecule has 1 N–H and O–H groups in total. The normalized spacial score (nSPS) is 12.5. The average Bonchev–Trinajstić information content (AvgIpc) is 2.87. The Bertz CT molecular complexity index is 1560. The minimum absolute atomic E-state index is 0.0266. The first-order valence-electron chi connectivity index (χ1n) is 12.7. The van der Waals surface area contributed by atoms with E-state index in [2.05, 4.69) is 5.32 Å². The van der Waals surface area contributed by atoms with Gasteiger partial charge in [-0.2, -0.15) is 0 Å². The molecule has 226 valence electrons. The highest BCUT2D eigenvalue weighted by Crippen LogP contribution is 2.36. The molecule has 0 saturated heterocycles. The van der Waals surface area contributed by atoms with Crippen molar-refractivity contribution in [2.75, 3.05) is 17.1 Å². The summed E-state index contributed by atoms with van der Waals surface area (Å²) in [6.45, 7) is 4.67. The molecule has 0 aromatic heterocycles. The maximum Gasteiger partial charge on any atom is 0.244 e. The summed E-state index contributed by atoms with van der Waals surface area (Å²) in [4.78, 5) is 29.3. The van der Waals surface area contributed by atoms with Gasteiger partial charge < -0.3 is 10.2 Å². The van der Waals surface area contributed by atoms with Gasteiger partial charge in [0.05, 0.1) is 27.0 Å². The average molecular weight is 694 g/mol. The van der Waals surface area contributed by atoms with Gasteiger partial charge in [-0.05, 0) is 56.2 Å². The molecule has 1 atom stereocenters. The monoisotopic (exact) mass is 691 g/mol. The molecule has 1 unspecified atom stereocenters. The lowest BCUT2D eigenvalue weighted by atomic mass is 10.0. The summed E-state index contributed by atoms with van der Waals surface area (Å²) in [5.74, 6) is -1.11. The second-order valence-electron chi connectivity index (χ2n) is 10.7. The van der Waals surface area contributed by atoms with Crippen LogP contribution in [0.3, 0.4) is 0 Å². The van der Waals surface area contributed by atoms with E-state index in [4.69, 9.17) is 58.0 Å². The van der Waals surface area contributed by atoms with E-state index in [1.165, 1.54) is 23.1 Å². The summed E-state index contributed by atoms with van der Waals surface area (Å²) in [7, 11) is -4.06. The van der Waals surface area contributed by atoms with Gasteiger partial charge in [0.2, 0.25) is 21.8 Å². The Morgan fingerprint density at radius 3 is 2.05 bits per heavy atom. The van der Waals surface area contributed by atoms with Gasteiger partial charge in [0, 0.05) is 28.5 Å². The Morgan fingerprint density at radius 1 is 0.857 bits per heavy atom. The van der Waals surface area contributed by atoms with Crippen LogP contribution in [0.4, 0.5) is 5.69 Å². The predicted octanol–water partition coefficient (Wildman–Crippen LogP) is 7.27. The quantitative estimate of drug-likeness (QED) is 0.226. The fraction of sp³-hybridized carbons (Fsp3) is 0.310. The minimum atomic E-state index is -4.06. The molecule has 13 heteroatoms. The van der Waals surface area contributed by atoms with Crippen LogP contribution in [0.5, 0.6) is 0 Å². The zero-order valence-corrected chi connectivity index (χ0v) is 27.9. The zero-order chi connectivity index (χ0) is 31.4. The topological polar surface area (TPSA) is 86.8 Å². The van der Waals surface area contributed by atoms with Crippen molar-refractivity contribution in [3.05, 3.63) is 96.9 Å². The van der Waals surface area contributed by atoms with Crippen LogP contribution < -0.4 is 9.62 Å². The molecule has 3 rings (SSSR count). The van der Waals surface area contributed by atoms with Crippen molar-refractivity contribution >= 4 is 85.5 Å². The summed E-state index contributed by atoms with van der Waals surface area (Å²) < 4.78 is 26.8. The second kappa shape index (κ2) is 14.1. The standard InChI is InChI=1S/C29H30Cl5N3O4S/c1-29(2,3)35-28(39)26(12-18-8-6-5-7-9-18)36(16-19-10-11-20(30)13-21(19)31)27(38)17-37(42(4,40)41)25-15-23(33)22(32)14-24(25)34/h5-11,13-15,26H,12,16-17H2,1-4H3,(H,35,39). The van der Waals surface area contributed by atoms with Gasteiger partial charge in [0.1, 0.15) is 12.6 Å². The molecule has 0 radical (unpaired) electrons. The van der Waals surface area contributed by atoms with E-state index in [0.29, 0.717) is 10.6 Å². The van der Waals surface area contributed by atoms with E-state index in [1.54, 1.807) is 12.1 Å². The van der Waals surface area contributed by atoms with Crippen LogP contribution in [-0.2, 0) is 32.6 Å². The molecule has 0 saturated carbocycles. The van der Waals surface area contributed by atoms with Gasteiger partial charge >= 0.3 is 0 Å². The van der Waals surface area contributed by atoms with Gasteiger partial charge in [-0.15, -0.1) is 0 Å². The van der Waals surface area contributed by atoms with Crippen LogP contribution in [-0.4, -0.2) is 49.5 Å². The summed E-state index contributed by atoms with van der Waals surface area (Å²) in [5.41, 5.74) is 0.643. The van der Waals surface area contributed by atoms with Crippen molar-refractivity contribution < 1.29 is 18.0 Å². The molecule has 7 nitrogen and oxygen atoms in total. The smallest absolute Gasteiger partial charge is 0.244 e. The second-order valence-corrected chi connectivity index (χ2v) is 14.7. The van der Waals surface area contributed by atoms with E-state index in [9.17, 15) is 18.0 Å². The van der Waals surface area contributed by atoms with Crippen LogP contribution >= 0.6 is 58.0 Å². The van der Waals surface area contributed by atoms with Crippen LogP contribution in [0.15, 0.2) is 60.7 Å². The van der Waals surface area contributed by atoms with Crippen molar-refractivity contribution in [2.45, 2.75) is 45.3 Å². The lowest BCUT2D eigenvalue weighted by Crippen LogP contribution is -2.56. The van der Waals surface area contributed by atoms with Gasteiger partial charge in [0.15, 0.2) is 0 Å². The molecular formula is C29H30Cl5N3O4S. The summed E-state index contributed by atoms with van der Waals surface area (Å²) in [6, 6.07) is 15.5. The fourth-order valence-corrected chi connectivity index (χ4v) is 6.15. The summed E-state index contributed by atoms with van der Waals surface area (Å²) >= 11 is 31.2. The Labute approximate surface area is 271 Å². The predicted molar refractivity (Wildman–Crippen MR) is 173 cm³/mol. The Balaban J connectivity index is 2.14. The number of carbonyl (C=O) groups excluding carboxylic acids is 2. The largest absolute Gasteiger partial charge is 0.350 e. The summed E-state index contributed by atoms with van der Waals surface area (Å²) in [5, 5.41) is 3.76. The van der Waals surface area contributed by atoms with Crippen molar-refractivity contribution in [2.24, 2.45) is 0 Å². The molecule has 3 aromatic carbocycles. The maximum absolute atomic E-state index is 14.2. The van der Waals surface area contributed by atoms with E-state index in [0.717, 1.165) is 16.1 Å². The molecule has 0 spiro atoms. The lowest BCUT2D eigenvalue weighted by Gasteiger charge is -2.35. The lowest BCUT2D eigenvalue weighted by molar-refractivity contribution is -0.140. The molecule has 0 aliphatic carbocycles. The molecule has 42 heavy (non-hydrogen) atoms. The van der Waals surface area contributed by atoms with E-state index >= 15 is 0 Å². The van der Waals surface area contributed by atoms with Gasteiger partial charge in [-0.1, -0.05) is 94.4 Å². The third-order valence-corrected chi connectivity index (χ3v) is 8.80. The molecular weight excluding hydrogens is 664 g/mol. The molecule has 0 aliphatic rings. The first-order chi connectivity index (χ1) is 19.5. The van der Waals surface area contributed by atoms with Crippen LogP contribution in [0.25, 0.3) is 0 Å². The van der Waals surface area contributed by atoms with Crippen LogP contribution in [0, 0.1) is 0 Å². The minimum Gasteiger partial charge on any atom is -0.350 e. The fourth-order valence-electron chi connectivity index (χ4n) is 4.14. The number of nitrogens with one attached hydrogen (secondary N) is 1. The first kappa shape index (κ1) is 34.3. The SMILES string of the molecule is CC(C)(C)NC(=O)C(Cc1ccccc1)N(Cc1ccc(Cl)cc1Cl)C(=O)CN(c1cc(Cl)c(Cl)cc1Cl)S(C)(=O)=O. The molecule has 0 aliphatic heterocycles. The van der Waals surface area contributed by atoms with Crippen LogP contribution in [0.1, 0.15) is 31.9 Å². The van der Waals surface area contributed by atoms with E-state index < -0.39 is 40.0 Å². The van der Waals surface area contributed by atoms with Gasteiger partial charge in [-0.3, -0.25) is 13.9 Å². The summed E-state index contributed by atoms with van der Waals surface area (Å²) in [6.07, 6.45) is 1.08. The molecule has 2 amide bonds. The first-order valence-corrected chi connectivity index (χ1v) is 16.4. The van der Waals surface area contributed by atoms with Crippen molar-refractivity contribution in [1.29, 1.82) is 0 Å². The number of benzene rings is 3. The number of anilines is 1. The molecule has 0 fully saturated rings. The number of hydrogen-bond donors (Lipinski definition) is 1. The van der Waals surface area contributed by atoms with Gasteiger partial charge in [0.25, 0.3) is 0 Å². The number of rotatable bonds is 10. The van der Waals surface area contributed by atoms with Crippen molar-refractivity contribution in [3.63, 3.8) is 0 Å². The molecule has 0 bridgehead atoms. The number of halogens is 5. The number of hydrogen-bond acceptors (Lipinski definition) is 4. The Kier molecular flexibility index (Phi) is 11.5. The third-order valence-electron chi connectivity index (χ3n) is 6.06. The Morgan fingerprint density at radius 2 is 1.48 bits per heavy atom. The maximum atomic E-state index is 14.2. The highest BCUT2D eigenvalue weighted by atomic mass is 35.5. The van der Waals surface area contributed by atoms with E-state index in [1.807, 2.05) is 51.1 Å².